The van der Waals surface area contributed by atoms with Gasteiger partial charge in [0.05, 0.1) is 0 Å². The molecule has 1 aromatic carbocycles. The summed E-state index contributed by atoms with van der Waals surface area (Å²) >= 11 is 0. The molecule has 0 radical (unpaired) electrons. The maximum Gasteiger partial charge on any atom is 0.253 e. The Morgan fingerprint density at radius 1 is 1.04 bits per heavy atom. The normalized spacial score (nSPS) is 16.0. The number of amides is 2. The molecule has 2 amide bonds. The van der Waals surface area contributed by atoms with E-state index in [-0.39, 0.29) is 17.2 Å². The monoisotopic (exact) mass is 328 g/mol. The first-order valence-electron chi connectivity index (χ1n) is 8.63. The molecule has 2 rings (SSSR count). The fourth-order valence-electron chi connectivity index (χ4n) is 3.18. The molecule has 1 aliphatic rings. The first-order valence-corrected chi connectivity index (χ1v) is 8.63. The number of hydrogen-bond donors (Lipinski definition) is 1. The van der Waals surface area contributed by atoms with Crippen molar-refractivity contribution in [1.29, 1.82) is 0 Å². The van der Waals surface area contributed by atoms with Gasteiger partial charge in [-0.1, -0.05) is 51.1 Å². The third-order valence-electron chi connectivity index (χ3n) is 4.11. The number of rotatable bonds is 8. The summed E-state index contributed by atoms with van der Waals surface area (Å²) in [7, 11) is 0. The van der Waals surface area contributed by atoms with Crippen LogP contribution in [0, 0.1) is 11.3 Å². The van der Waals surface area contributed by atoms with Crippen LogP contribution in [-0.4, -0.2) is 36.3 Å². The Balaban J connectivity index is 1.82. The van der Waals surface area contributed by atoms with Gasteiger partial charge < -0.3 is 5.32 Å². The lowest BCUT2D eigenvalue weighted by Crippen LogP contribution is -2.38. The van der Waals surface area contributed by atoms with Crippen LogP contribution in [0.2, 0.25) is 0 Å². The number of carbonyl (C=O) groups is 2. The molecular formula is C20H28N2O2. The van der Waals surface area contributed by atoms with Crippen molar-refractivity contribution in [1.82, 2.24) is 10.2 Å². The molecule has 1 atom stereocenters. The average molecular weight is 328 g/mol. The van der Waals surface area contributed by atoms with Gasteiger partial charge in [-0.3, -0.25) is 14.5 Å². The van der Waals surface area contributed by atoms with Gasteiger partial charge in [0.1, 0.15) is 0 Å². The SMILES string of the molecule is CC(C)(C)CC(CNCCN1C(=O)C=CC1=O)Cc1ccccc1. The summed E-state index contributed by atoms with van der Waals surface area (Å²) in [6, 6.07) is 10.5. The standard InChI is InChI=1S/C20H28N2O2/c1-20(2,3)14-17(13-16-7-5-4-6-8-16)15-21-11-12-22-18(23)9-10-19(22)24/h4-10,17,21H,11-15H2,1-3H3. The molecule has 1 aliphatic heterocycles. The van der Waals surface area contributed by atoms with Gasteiger partial charge in [-0.2, -0.15) is 0 Å². The Hall–Kier alpha value is -1.94. The Bertz CT molecular complexity index is 569. The van der Waals surface area contributed by atoms with Gasteiger partial charge >= 0.3 is 0 Å². The minimum absolute atomic E-state index is 0.211. The second-order valence-electron chi connectivity index (χ2n) is 7.69. The summed E-state index contributed by atoms with van der Waals surface area (Å²) in [5, 5.41) is 3.42. The van der Waals surface area contributed by atoms with Crippen molar-refractivity contribution in [3.63, 3.8) is 0 Å². The van der Waals surface area contributed by atoms with E-state index in [2.05, 4.69) is 50.4 Å². The zero-order chi connectivity index (χ0) is 17.6. The molecule has 4 nitrogen and oxygen atoms in total. The molecule has 0 bridgehead atoms. The minimum atomic E-state index is -0.211. The van der Waals surface area contributed by atoms with E-state index in [1.165, 1.54) is 22.6 Å². The number of hydrogen-bond acceptors (Lipinski definition) is 3. The summed E-state index contributed by atoms with van der Waals surface area (Å²) in [6.45, 7) is 8.73. The predicted molar refractivity (Wildman–Crippen MR) is 96.4 cm³/mol. The van der Waals surface area contributed by atoms with Crippen LogP contribution < -0.4 is 5.32 Å². The Morgan fingerprint density at radius 2 is 1.67 bits per heavy atom. The largest absolute Gasteiger partial charge is 0.315 e. The lowest BCUT2D eigenvalue weighted by molar-refractivity contribution is -0.136. The third-order valence-corrected chi connectivity index (χ3v) is 4.11. The molecule has 24 heavy (non-hydrogen) atoms. The van der Waals surface area contributed by atoms with E-state index in [0.29, 0.717) is 19.0 Å². The summed E-state index contributed by atoms with van der Waals surface area (Å²) in [6.07, 6.45) is 4.83. The highest BCUT2D eigenvalue weighted by Crippen LogP contribution is 2.26. The summed E-state index contributed by atoms with van der Waals surface area (Å²) in [4.78, 5) is 24.3. The number of imide groups is 1. The topological polar surface area (TPSA) is 49.4 Å². The molecule has 0 aromatic heterocycles. The van der Waals surface area contributed by atoms with Crippen molar-refractivity contribution in [2.75, 3.05) is 19.6 Å². The predicted octanol–water partition coefficient (Wildman–Crippen LogP) is 2.80. The second kappa shape index (κ2) is 8.25. The van der Waals surface area contributed by atoms with Gasteiger partial charge in [0.15, 0.2) is 0 Å². The fraction of sp³-hybridized carbons (Fsp3) is 0.500. The number of carbonyl (C=O) groups excluding carboxylic acids is 2. The number of benzene rings is 1. The van der Waals surface area contributed by atoms with E-state index >= 15 is 0 Å². The van der Waals surface area contributed by atoms with Gasteiger partial charge in [-0.25, -0.2) is 0 Å². The van der Waals surface area contributed by atoms with Crippen molar-refractivity contribution < 1.29 is 9.59 Å². The molecule has 130 valence electrons. The Kier molecular flexibility index (Phi) is 6.32. The van der Waals surface area contributed by atoms with Gasteiger partial charge in [0.25, 0.3) is 11.8 Å². The molecule has 0 fully saturated rings. The van der Waals surface area contributed by atoms with Crippen LogP contribution in [0.15, 0.2) is 42.5 Å². The molecule has 1 N–H and O–H groups in total. The highest BCUT2D eigenvalue weighted by atomic mass is 16.2. The maximum atomic E-state index is 11.5. The average Bonchev–Trinajstić information content (AvgIpc) is 2.82. The molecule has 1 unspecified atom stereocenters. The highest BCUT2D eigenvalue weighted by molar-refractivity contribution is 6.12. The molecule has 4 heteroatoms. The first kappa shape index (κ1) is 18.4. The van der Waals surface area contributed by atoms with Gasteiger partial charge in [-0.05, 0) is 36.3 Å². The van der Waals surface area contributed by atoms with Crippen LogP contribution in [0.1, 0.15) is 32.8 Å². The molecule has 0 aliphatic carbocycles. The van der Waals surface area contributed by atoms with Crippen molar-refractivity contribution in [3.05, 3.63) is 48.0 Å². The van der Waals surface area contributed by atoms with Crippen molar-refractivity contribution >= 4 is 11.8 Å². The van der Waals surface area contributed by atoms with Crippen molar-refractivity contribution in [3.8, 4) is 0 Å². The van der Waals surface area contributed by atoms with E-state index in [9.17, 15) is 9.59 Å². The second-order valence-corrected chi connectivity index (χ2v) is 7.69. The van der Waals surface area contributed by atoms with E-state index in [4.69, 9.17) is 0 Å². The minimum Gasteiger partial charge on any atom is -0.315 e. The molecular weight excluding hydrogens is 300 g/mol. The van der Waals surface area contributed by atoms with Crippen molar-refractivity contribution in [2.24, 2.45) is 11.3 Å². The van der Waals surface area contributed by atoms with Crippen LogP contribution in [-0.2, 0) is 16.0 Å². The quantitative estimate of drug-likeness (QED) is 0.590. The van der Waals surface area contributed by atoms with E-state index in [1.54, 1.807) is 0 Å². The van der Waals surface area contributed by atoms with Crippen LogP contribution in [0.25, 0.3) is 0 Å². The van der Waals surface area contributed by atoms with Crippen LogP contribution in [0.3, 0.4) is 0 Å². The van der Waals surface area contributed by atoms with Gasteiger partial charge in [0.2, 0.25) is 0 Å². The zero-order valence-corrected chi connectivity index (χ0v) is 14.9. The lowest BCUT2D eigenvalue weighted by Gasteiger charge is -2.27. The van der Waals surface area contributed by atoms with E-state index in [1.807, 2.05) is 6.07 Å². The summed E-state index contributed by atoms with van der Waals surface area (Å²) in [5.74, 6) is 0.102. The highest BCUT2D eigenvalue weighted by Gasteiger charge is 2.23. The van der Waals surface area contributed by atoms with Gasteiger partial charge in [0, 0.05) is 25.2 Å². The van der Waals surface area contributed by atoms with Gasteiger partial charge in [-0.15, -0.1) is 0 Å². The van der Waals surface area contributed by atoms with E-state index < -0.39 is 0 Å². The first-order chi connectivity index (χ1) is 11.3. The molecule has 1 aromatic rings. The van der Waals surface area contributed by atoms with Crippen molar-refractivity contribution in [2.45, 2.75) is 33.6 Å². The van der Waals surface area contributed by atoms with E-state index in [0.717, 1.165) is 19.4 Å². The third kappa shape index (κ3) is 5.93. The molecule has 0 spiro atoms. The maximum absolute atomic E-state index is 11.5. The molecule has 1 heterocycles. The summed E-state index contributed by atoms with van der Waals surface area (Å²) < 4.78 is 0. The smallest absolute Gasteiger partial charge is 0.253 e. The zero-order valence-electron chi connectivity index (χ0n) is 14.9. The fourth-order valence-corrected chi connectivity index (χ4v) is 3.18. The molecule has 0 saturated carbocycles. The van der Waals surface area contributed by atoms with Crippen LogP contribution >= 0.6 is 0 Å². The Morgan fingerprint density at radius 3 is 2.25 bits per heavy atom. The lowest BCUT2D eigenvalue weighted by atomic mass is 9.82. The van der Waals surface area contributed by atoms with Crippen LogP contribution in [0.5, 0.6) is 0 Å². The van der Waals surface area contributed by atoms with Crippen LogP contribution in [0.4, 0.5) is 0 Å². The summed E-state index contributed by atoms with van der Waals surface area (Å²) in [5.41, 5.74) is 1.62. The number of nitrogens with zero attached hydrogens (tertiary/aromatic N) is 1. The number of nitrogens with one attached hydrogen (secondary N) is 1. The molecule has 0 saturated heterocycles. The Labute approximate surface area is 144 Å².